The van der Waals surface area contributed by atoms with Crippen LogP contribution >= 0.6 is 11.8 Å². The van der Waals surface area contributed by atoms with E-state index in [1.807, 2.05) is 0 Å². The van der Waals surface area contributed by atoms with Crippen molar-refractivity contribution in [2.75, 3.05) is 23.9 Å². The Morgan fingerprint density at radius 3 is 2.84 bits per heavy atom. The molecule has 0 radical (unpaired) electrons. The van der Waals surface area contributed by atoms with Gasteiger partial charge >= 0.3 is 0 Å². The lowest BCUT2D eigenvalue weighted by molar-refractivity contribution is -0.125. The van der Waals surface area contributed by atoms with Gasteiger partial charge in [-0.05, 0) is 24.3 Å². The molecule has 2 N–H and O–H groups in total. The highest BCUT2D eigenvalue weighted by molar-refractivity contribution is 7.99. The minimum Gasteiger partial charge on any atom is -0.497 e. The summed E-state index contributed by atoms with van der Waals surface area (Å²) in [6, 6.07) is 6.61. The van der Waals surface area contributed by atoms with Crippen molar-refractivity contribution in [3.63, 3.8) is 0 Å². The second kappa shape index (κ2) is 6.47. The molecule has 0 spiro atoms. The molecule has 1 unspecified atom stereocenters. The molecular formula is C13H16N2O3S. The fourth-order valence-corrected chi connectivity index (χ4v) is 2.69. The van der Waals surface area contributed by atoms with Crippen molar-refractivity contribution in [3.05, 3.63) is 24.3 Å². The molecule has 0 saturated carbocycles. The molecule has 1 aliphatic heterocycles. The van der Waals surface area contributed by atoms with Gasteiger partial charge in [0.2, 0.25) is 11.8 Å². The summed E-state index contributed by atoms with van der Waals surface area (Å²) in [5.74, 6) is 1.84. The number of carbonyl (C=O) groups is 2. The van der Waals surface area contributed by atoms with Crippen LogP contribution in [0.5, 0.6) is 5.75 Å². The third-order valence-corrected chi connectivity index (χ3v) is 3.83. The number of benzene rings is 1. The Kier molecular flexibility index (Phi) is 4.68. The molecule has 1 fully saturated rings. The van der Waals surface area contributed by atoms with Gasteiger partial charge < -0.3 is 15.4 Å². The summed E-state index contributed by atoms with van der Waals surface area (Å²) >= 11 is 1.61. The number of methoxy groups -OCH3 is 1. The van der Waals surface area contributed by atoms with Crippen molar-refractivity contribution in [3.8, 4) is 5.75 Å². The zero-order valence-corrected chi connectivity index (χ0v) is 11.5. The minimum absolute atomic E-state index is 0.0696. The number of thioether (sulfide) groups is 1. The zero-order chi connectivity index (χ0) is 13.7. The maximum Gasteiger partial charge on any atom is 0.247 e. The fourth-order valence-electron chi connectivity index (χ4n) is 1.72. The van der Waals surface area contributed by atoms with Crippen LogP contribution in [-0.2, 0) is 9.59 Å². The first-order chi connectivity index (χ1) is 9.19. The van der Waals surface area contributed by atoms with Crippen LogP contribution in [-0.4, -0.2) is 36.5 Å². The number of hydrogen-bond donors (Lipinski definition) is 2. The maximum atomic E-state index is 12.0. The van der Waals surface area contributed by atoms with E-state index in [4.69, 9.17) is 4.74 Å². The highest BCUT2D eigenvalue weighted by Crippen LogP contribution is 2.16. The predicted molar refractivity (Wildman–Crippen MR) is 75.5 cm³/mol. The van der Waals surface area contributed by atoms with Crippen LogP contribution in [0.4, 0.5) is 5.69 Å². The molecule has 1 atom stereocenters. The SMILES string of the molecule is COc1ccc(NC(=O)C2CSCCC(=O)N2)cc1. The largest absolute Gasteiger partial charge is 0.497 e. The maximum absolute atomic E-state index is 12.0. The van der Waals surface area contributed by atoms with Gasteiger partial charge in [-0.3, -0.25) is 9.59 Å². The molecule has 2 rings (SSSR count). The van der Waals surface area contributed by atoms with E-state index in [2.05, 4.69) is 10.6 Å². The molecule has 0 bridgehead atoms. The van der Waals surface area contributed by atoms with Gasteiger partial charge in [-0.25, -0.2) is 0 Å². The highest BCUT2D eigenvalue weighted by Gasteiger charge is 2.23. The summed E-state index contributed by atoms with van der Waals surface area (Å²) in [5.41, 5.74) is 0.689. The molecule has 1 saturated heterocycles. The molecule has 1 aliphatic rings. The number of hydrogen-bond acceptors (Lipinski definition) is 4. The van der Waals surface area contributed by atoms with E-state index in [0.717, 1.165) is 11.5 Å². The van der Waals surface area contributed by atoms with Crippen LogP contribution in [0.1, 0.15) is 6.42 Å². The summed E-state index contributed by atoms with van der Waals surface area (Å²) < 4.78 is 5.05. The number of ether oxygens (including phenoxy) is 1. The van der Waals surface area contributed by atoms with Crippen LogP contribution in [0.2, 0.25) is 0 Å². The normalized spacial score (nSPS) is 19.2. The van der Waals surface area contributed by atoms with Gasteiger partial charge in [0, 0.05) is 23.6 Å². The van der Waals surface area contributed by atoms with E-state index in [-0.39, 0.29) is 11.8 Å². The van der Waals surface area contributed by atoms with Crippen molar-refractivity contribution >= 4 is 29.3 Å². The van der Waals surface area contributed by atoms with Gasteiger partial charge in [-0.1, -0.05) is 0 Å². The van der Waals surface area contributed by atoms with Crippen LogP contribution in [0.25, 0.3) is 0 Å². The number of amides is 2. The Bertz CT molecular complexity index is 461. The number of rotatable bonds is 3. The molecule has 1 heterocycles. The average Bonchev–Trinajstić information content (AvgIpc) is 2.64. The lowest BCUT2D eigenvalue weighted by atomic mass is 10.2. The highest BCUT2D eigenvalue weighted by atomic mass is 32.2. The standard InChI is InChI=1S/C13H16N2O3S/c1-18-10-4-2-9(3-5-10)14-13(17)11-8-19-7-6-12(16)15-11/h2-5,11H,6-8H2,1H3,(H,14,17)(H,15,16). The second-order valence-electron chi connectivity index (χ2n) is 4.16. The lowest BCUT2D eigenvalue weighted by Gasteiger charge is -2.15. The first kappa shape index (κ1) is 13.7. The Labute approximate surface area is 116 Å². The Balaban J connectivity index is 1.97. The summed E-state index contributed by atoms with van der Waals surface area (Å²) in [4.78, 5) is 23.5. The molecule has 19 heavy (non-hydrogen) atoms. The van der Waals surface area contributed by atoms with E-state index in [1.54, 1.807) is 43.1 Å². The van der Waals surface area contributed by atoms with Crippen molar-refractivity contribution in [1.82, 2.24) is 5.32 Å². The first-order valence-electron chi connectivity index (χ1n) is 6.01. The van der Waals surface area contributed by atoms with Gasteiger partial charge in [-0.15, -0.1) is 0 Å². The van der Waals surface area contributed by atoms with Crippen molar-refractivity contribution in [1.29, 1.82) is 0 Å². The van der Waals surface area contributed by atoms with Crippen molar-refractivity contribution in [2.45, 2.75) is 12.5 Å². The Morgan fingerprint density at radius 2 is 2.16 bits per heavy atom. The Hall–Kier alpha value is -1.69. The smallest absolute Gasteiger partial charge is 0.247 e. The second-order valence-corrected chi connectivity index (χ2v) is 5.31. The summed E-state index contributed by atoms with van der Waals surface area (Å²) in [7, 11) is 1.59. The van der Waals surface area contributed by atoms with Crippen LogP contribution < -0.4 is 15.4 Å². The first-order valence-corrected chi connectivity index (χ1v) is 7.16. The average molecular weight is 280 g/mol. The topological polar surface area (TPSA) is 67.4 Å². The quantitative estimate of drug-likeness (QED) is 0.874. The molecule has 102 valence electrons. The molecule has 1 aromatic rings. The van der Waals surface area contributed by atoms with E-state index in [1.165, 1.54) is 0 Å². The van der Waals surface area contributed by atoms with E-state index in [0.29, 0.717) is 17.9 Å². The summed E-state index contributed by atoms with van der Waals surface area (Å²) in [6.45, 7) is 0. The van der Waals surface area contributed by atoms with Crippen LogP contribution in [0.3, 0.4) is 0 Å². The van der Waals surface area contributed by atoms with E-state index < -0.39 is 6.04 Å². The lowest BCUT2D eigenvalue weighted by Crippen LogP contribution is -2.44. The molecule has 2 amide bonds. The van der Waals surface area contributed by atoms with E-state index in [9.17, 15) is 9.59 Å². The number of anilines is 1. The molecule has 5 nitrogen and oxygen atoms in total. The van der Waals surface area contributed by atoms with Crippen LogP contribution in [0, 0.1) is 0 Å². The summed E-state index contributed by atoms with van der Waals surface area (Å²) in [6.07, 6.45) is 0.469. The van der Waals surface area contributed by atoms with Gasteiger partial charge in [-0.2, -0.15) is 11.8 Å². The minimum atomic E-state index is -0.470. The fraction of sp³-hybridized carbons (Fsp3) is 0.385. The van der Waals surface area contributed by atoms with Crippen molar-refractivity contribution < 1.29 is 14.3 Å². The number of nitrogens with one attached hydrogen (secondary N) is 2. The van der Waals surface area contributed by atoms with Crippen LogP contribution in [0.15, 0.2) is 24.3 Å². The van der Waals surface area contributed by atoms with Gasteiger partial charge in [0.25, 0.3) is 0 Å². The predicted octanol–water partition coefficient (Wildman–Crippen LogP) is 1.26. The zero-order valence-electron chi connectivity index (χ0n) is 10.6. The monoisotopic (exact) mass is 280 g/mol. The van der Waals surface area contributed by atoms with Gasteiger partial charge in [0.1, 0.15) is 11.8 Å². The van der Waals surface area contributed by atoms with Gasteiger partial charge in [0.15, 0.2) is 0 Å². The molecule has 1 aromatic carbocycles. The molecule has 6 heteroatoms. The summed E-state index contributed by atoms with van der Waals surface area (Å²) in [5, 5.41) is 5.51. The number of carbonyl (C=O) groups excluding carboxylic acids is 2. The molecular weight excluding hydrogens is 264 g/mol. The molecule has 0 aromatic heterocycles. The third kappa shape index (κ3) is 3.89. The Morgan fingerprint density at radius 1 is 1.42 bits per heavy atom. The van der Waals surface area contributed by atoms with E-state index >= 15 is 0 Å². The molecule has 0 aliphatic carbocycles. The third-order valence-electron chi connectivity index (χ3n) is 2.77. The van der Waals surface area contributed by atoms with Gasteiger partial charge in [0.05, 0.1) is 7.11 Å². The van der Waals surface area contributed by atoms with Crippen molar-refractivity contribution in [2.24, 2.45) is 0 Å².